The van der Waals surface area contributed by atoms with Crippen LogP contribution < -0.4 is 10.2 Å². The molecule has 8 heteroatoms. The first-order chi connectivity index (χ1) is 13.9. The summed E-state index contributed by atoms with van der Waals surface area (Å²) in [7, 11) is 1.82. The van der Waals surface area contributed by atoms with Crippen molar-refractivity contribution >= 4 is 23.0 Å². The van der Waals surface area contributed by atoms with E-state index in [1.165, 1.54) is 6.07 Å². The van der Waals surface area contributed by atoms with Crippen molar-refractivity contribution in [2.45, 2.75) is 13.5 Å². The van der Waals surface area contributed by atoms with Gasteiger partial charge in [0.05, 0.1) is 24.7 Å². The van der Waals surface area contributed by atoms with Crippen LogP contribution in [0, 0.1) is 17.0 Å². The number of nitrogens with one attached hydrogen (secondary N) is 1. The molecule has 1 amide bonds. The molecule has 0 aliphatic carbocycles. The molecule has 1 fully saturated rings. The van der Waals surface area contributed by atoms with Crippen LogP contribution in [0.1, 0.15) is 11.1 Å². The third-order valence-electron chi connectivity index (χ3n) is 5.00. The number of rotatable bonds is 7. The Morgan fingerprint density at radius 2 is 1.90 bits per heavy atom. The smallest absolute Gasteiger partial charge is 0.272 e. The van der Waals surface area contributed by atoms with Gasteiger partial charge in [0.1, 0.15) is 0 Å². The van der Waals surface area contributed by atoms with E-state index in [0.717, 1.165) is 43.2 Å². The number of carbonyl (C=O) groups excluding carboxylic acids is 1. The molecular weight excluding hydrogens is 372 g/mol. The number of carbonyl (C=O) groups is 1. The van der Waals surface area contributed by atoms with E-state index in [2.05, 4.69) is 10.2 Å². The number of morpholine rings is 1. The van der Waals surface area contributed by atoms with Gasteiger partial charge in [-0.1, -0.05) is 12.1 Å². The van der Waals surface area contributed by atoms with Crippen LogP contribution >= 0.6 is 0 Å². The molecule has 2 aromatic rings. The van der Waals surface area contributed by atoms with Gasteiger partial charge in [0, 0.05) is 42.6 Å². The Labute approximate surface area is 170 Å². The molecule has 3 rings (SSSR count). The monoisotopic (exact) mass is 398 g/mol. The van der Waals surface area contributed by atoms with Gasteiger partial charge < -0.3 is 15.0 Å². The highest BCUT2D eigenvalue weighted by Gasteiger charge is 2.16. The maximum Gasteiger partial charge on any atom is 0.272 e. The maximum absolute atomic E-state index is 12.4. The molecule has 0 atom stereocenters. The number of nitrogens with zero attached hydrogens (tertiary/aromatic N) is 3. The predicted octanol–water partition coefficient (Wildman–Crippen LogP) is 2.81. The van der Waals surface area contributed by atoms with Crippen molar-refractivity contribution in [1.82, 2.24) is 4.90 Å². The third kappa shape index (κ3) is 5.52. The molecule has 1 N–H and O–H groups in total. The number of amides is 1. The van der Waals surface area contributed by atoms with E-state index >= 15 is 0 Å². The van der Waals surface area contributed by atoms with Gasteiger partial charge >= 0.3 is 0 Å². The van der Waals surface area contributed by atoms with Crippen molar-refractivity contribution in [3.63, 3.8) is 0 Å². The zero-order valence-corrected chi connectivity index (χ0v) is 16.8. The molecule has 1 aliphatic rings. The fourth-order valence-corrected chi connectivity index (χ4v) is 3.41. The first-order valence-electron chi connectivity index (χ1n) is 9.58. The number of likely N-dealkylation sites (N-methyl/N-ethyl adjacent to an activating group) is 1. The lowest BCUT2D eigenvalue weighted by atomic mass is 10.1. The molecule has 0 bridgehead atoms. The first kappa shape index (κ1) is 20.8. The maximum atomic E-state index is 12.4. The summed E-state index contributed by atoms with van der Waals surface area (Å²) in [5, 5.41) is 14.0. The van der Waals surface area contributed by atoms with Gasteiger partial charge in [0.15, 0.2) is 0 Å². The van der Waals surface area contributed by atoms with Crippen molar-refractivity contribution < 1.29 is 14.5 Å². The minimum absolute atomic E-state index is 0.0979. The summed E-state index contributed by atoms with van der Waals surface area (Å²) < 4.78 is 5.37. The van der Waals surface area contributed by atoms with Gasteiger partial charge in [-0.25, -0.2) is 0 Å². The number of hydrogen-bond acceptors (Lipinski definition) is 6. The SMILES string of the molecule is Cc1c(CN(C)CC(=O)Nc2ccc(N3CCOCC3)cc2)cccc1[N+](=O)[O-]. The van der Waals surface area contributed by atoms with E-state index in [9.17, 15) is 14.9 Å². The molecule has 0 radical (unpaired) electrons. The predicted molar refractivity (Wildman–Crippen MR) is 112 cm³/mol. The van der Waals surface area contributed by atoms with Crippen molar-refractivity contribution in [2.75, 3.05) is 50.1 Å². The van der Waals surface area contributed by atoms with Crippen LogP contribution in [0.4, 0.5) is 17.1 Å². The summed E-state index contributed by atoms with van der Waals surface area (Å²) in [6, 6.07) is 12.8. The number of hydrogen-bond donors (Lipinski definition) is 1. The van der Waals surface area contributed by atoms with Crippen molar-refractivity contribution in [3.8, 4) is 0 Å². The molecule has 8 nitrogen and oxygen atoms in total. The molecule has 0 unspecified atom stereocenters. The van der Waals surface area contributed by atoms with E-state index in [4.69, 9.17) is 4.74 Å². The average molecular weight is 398 g/mol. The summed E-state index contributed by atoms with van der Waals surface area (Å²) in [5.41, 5.74) is 3.42. The Balaban J connectivity index is 1.54. The Morgan fingerprint density at radius 1 is 1.21 bits per heavy atom. The summed E-state index contributed by atoms with van der Waals surface area (Å²) in [6.07, 6.45) is 0. The second-order valence-corrected chi connectivity index (χ2v) is 7.19. The molecule has 1 saturated heterocycles. The Morgan fingerprint density at radius 3 is 2.55 bits per heavy atom. The Bertz CT molecular complexity index is 863. The lowest BCUT2D eigenvalue weighted by Gasteiger charge is -2.28. The van der Waals surface area contributed by atoms with Gasteiger partial charge in [-0.2, -0.15) is 0 Å². The van der Waals surface area contributed by atoms with E-state index < -0.39 is 0 Å². The molecule has 1 aliphatic heterocycles. The zero-order valence-electron chi connectivity index (χ0n) is 16.8. The molecule has 2 aromatic carbocycles. The average Bonchev–Trinajstić information content (AvgIpc) is 2.70. The minimum atomic E-state index is -0.383. The molecule has 29 heavy (non-hydrogen) atoms. The first-order valence-corrected chi connectivity index (χ1v) is 9.58. The van der Waals surface area contributed by atoms with Gasteiger partial charge in [0.25, 0.3) is 5.69 Å². The fourth-order valence-electron chi connectivity index (χ4n) is 3.41. The van der Waals surface area contributed by atoms with Crippen LogP contribution in [-0.4, -0.2) is 55.6 Å². The van der Waals surface area contributed by atoms with E-state index in [1.54, 1.807) is 13.0 Å². The number of nitro benzene ring substituents is 1. The highest BCUT2D eigenvalue weighted by atomic mass is 16.6. The molecule has 0 spiro atoms. The van der Waals surface area contributed by atoms with Gasteiger partial charge in [-0.3, -0.25) is 19.8 Å². The largest absolute Gasteiger partial charge is 0.378 e. The summed E-state index contributed by atoms with van der Waals surface area (Å²) in [6.45, 7) is 5.58. The number of ether oxygens (including phenoxy) is 1. The van der Waals surface area contributed by atoms with Crippen LogP contribution in [-0.2, 0) is 16.1 Å². The fraction of sp³-hybridized carbons (Fsp3) is 0.381. The van der Waals surface area contributed by atoms with E-state index in [1.807, 2.05) is 42.3 Å². The molecule has 1 heterocycles. The van der Waals surface area contributed by atoms with Crippen LogP contribution in [0.15, 0.2) is 42.5 Å². The second-order valence-electron chi connectivity index (χ2n) is 7.19. The van der Waals surface area contributed by atoms with Crippen LogP contribution in [0.2, 0.25) is 0 Å². The molecule has 0 aromatic heterocycles. The number of anilines is 2. The Hall–Kier alpha value is -2.97. The molecule has 154 valence electrons. The number of nitro groups is 1. The molecular formula is C21H26N4O4. The zero-order chi connectivity index (χ0) is 20.8. The quantitative estimate of drug-likeness (QED) is 0.570. The third-order valence-corrected chi connectivity index (χ3v) is 5.00. The van der Waals surface area contributed by atoms with Gasteiger partial charge in [-0.05, 0) is 43.8 Å². The number of benzene rings is 2. The van der Waals surface area contributed by atoms with Gasteiger partial charge in [-0.15, -0.1) is 0 Å². The van der Waals surface area contributed by atoms with E-state index in [0.29, 0.717) is 12.1 Å². The summed E-state index contributed by atoms with van der Waals surface area (Å²) >= 11 is 0. The topological polar surface area (TPSA) is 88.0 Å². The lowest BCUT2D eigenvalue weighted by molar-refractivity contribution is -0.385. The summed E-state index contributed by atoms with van der Waals surface area (Å²) in [5.74, 6) is -0.130. The summed E-state index contributed by atoms with van der Waals surface area (Å²) in [4.78, 5) is 27.2. The van der Waals surface area contributed by atoms with Crippen molar-refractivity contribution in [2.24, 2.45) is 0 Å². The second kappa shape index (κ2) is 9.49. The van der Waals surface area contributed by atoms with Gasteiger partial charge in [0.2, 0.25) is 5.91 Å². The van der Waals surface area contributed by atoms with E-state index in [-0.39, 0.29) is 23.1 Å². The van der Waals surface area contributed by atoms with Crippen LogP contribution in [0.5, 0.6) is 0 Å². The standard InChI is InChI=1S/C21H26N4O4/c1-16-17(4-3-5-20(16)25(27)28)14-23(2)15-21(26)22-18-6-8-19(9-7-18)24-10-12-29-13-11-24/h3-9H,10-15H2,1-2H3,(H,22,26). The minimum Gasteiger partial charge on any atom is -0.378 e. The highest BCUT2D eigenvalue weighted by Crippen LogP contribution is 2.22. The van der Waals surface area contributed by atoms with Crippen LogP contribution in [0.3, 0.4) is 0 Å². The van der Waals surface area contributed by atoms with Crippen molar-refractivity contribution in [3.05, 3.63) is 63.7 Å². The van der Waals surface area contributed by atoms with Crippen molar-refractivity contribution in [1.29, 1.82) is 0 Å². The highest BCUT2D eigenvalue weighted by molar-refractivity contribution is 5.92. The Kier molecular flexibility index (Phi) is 6.79. The molecule has 0 saturated carbocycles. The normalized spacial score (nSPS) is 14.1. The van der Waals surface area contributed by atoms with Crippen LogP contribution in [0.25, 0.3) is 0 Å². The lowest BCUT2D eigenvalue weighted by Crippen LogP contribution is -2.36.